The van der Waals surface area contributed by atoms with Gasteiger partial charge in [0.05, 0.1) is 10.9 Å². The van der Waals surface area contributed by atoms with E-state index in [1.807, 2.05) is 26.0 Å². The largest absolute Gasteiger partial charge is 0.285 e. The van der Waals surface area contributed by atoms with E-state index in [1.54, 1.807) is 16.7 Å². The van der Waals surface area contributed by atoms with E-state index >= 15 is 0 Å². The Morgan fingerprint density at radius 3 is 2.46 bits per heavy atom. The zero-order valence-corrected chi connectivity index (χ0v) is 14.0. The number of rotatable bonds is 5. The number of nitrogens with one attached hydrogen (secondary N) is 1. The van der Waals surface area contributed by atoms with E-state index in [2.05, 4.69) is 14.9 Å². The van der Waals surface area contributed by atoms with Crippen LogP contribution >= 0.6 is 0 Å². The van der Waals surface area contributed by atoms with E-state index in [1.165, 1.54) is 12.1 Å². The lowest BCUT2D eigenvalue weighted by molar-refractivity contribution is 0.441. The number of halogens is 1. The second-order valence-corrected chi connectivity index (χ2v) is 7.50. The van der Waals surface area contributed by atoms with Gasteiger partial charge in [-0.05, 0) is 42.3 Å². The molecule has 1 atom stereocenters. The fourth-order valence-corrected chi connectivity index (χ4v) is 3.75. The standard InChI is InChI=1S/C16H17FN4O2S/c1-11(2)15(16-19-18-14-5-3-4-10-21(14)16)20-24(22,23)13-8-6-12(17)7-9-13/h3-11,15,20H,1-2H3/t15-/m0/s1. The second-order valence-electron chi connectivity index (χ2n) is 5.78. The third-order valence-corrected chi connectivity index (χ3v) is 5.15. The van der Waals surface area contributed by atoms with E-state index in [4.69, 9.17) is 0 Å². The highest BCUT2D eigenvalue weighted by Gasteiger charge is 2.27. The number of benzene rings is 1. The molecule has 1 N–H and O–H groups in total. The minimum Gasteiger partial charge on any atom is -0.285 e. The molecule has 2 aromatic heterocycles. The quantitative estimate of drug-likeness (QED) is 0.769. The predicted molar refractivity (Wildman–Crippen MR) is 87.3 cm³/mol. The molecule has 8 heteroatoms. The average Bonchev–Trinajstić information content (AvgIpc) is 2.96. The molecule has 6 nitrogen and oxygen atoms in total. The van der Waals surface area contributed by atoms with Crippen LogP contribution in [0.3, 0.4) is 0 Å². The van der Waals surface area contributed by atoms with Crippen molar-refractivity contribution in [2.24, 2.45) is 5.92 Å². The highest BCUT2D eigenvalue weighted by atomic mass is 32.2. The van der Waals surface area contributed by atoms with Crippen molar-refractivity contribution in [3.05, 3.63) is 60.3 Å². The Labute approximate surface area is 139 Å². The molecule has 3 rings (SSSR count). The van der Waals surface area contributed by atoms with Crippen LogP contribution < -0.4 is 4.72 Å². The van der Waals surface area contributed by atoms with Crippen LogP contribution in [0.25, 0.3) is 5.65 Å². The summed E-state index contributed by atoms with van der Waals surface area (Å²) in [6, 6.07) is 9.58. The molecule has 0 aliphatic carbocycles. The summed E-state index contributed by atoms with van der Waals surface area (Å²) in [5.74, 6) is -0.0445. The van der Waals surface area contributed by atoms with Gasteiger partial charge in [-0.25, -0.2) is 17.5 Å². The van der Waals surface area contributed by atoms with E-state index in [0.717, 1.165) is 12.1 Å². The Hall–Kier alpha value is -2.32. The molecule has 0 radical (unpaired) electrons. The topological polar surface area (TPSA) is 76.4 Å². The van der Waals surface area contributed by atoms with Gasteiger partial charge in [-0.3, -0.25) is 4.40 Å². The van der Waals surface area contributed by atoms with Gasteiger partial charge in [-0.15, -0.1) is 10.2 Å². The number of fused-ring (bicyclic) bond motifs is 1. The van der Waals surface area contributed by atoms with Crippen molar-refractivity contribution in [1.82, 2.24) is 19.3 Å². The molecule has 0 saturated heterocycles. The Bertz CT molecular complexity index is 952. The van der Waals surface area contributed by atoms with Crippen LogP contribution in [-0.2, 0) is 10.0 Å². The molecule has 2 heterocycles. The van der Waals surface area contributed by atoms with Crippen molar-refractivity contribution in [2.45, 2.75) is 24.8 Å². The summed E-state index contributed by atoms with van der Waals surface area (Å²) in [5.41, 5.74) is 0.638. The van der Waals surface area contributed by atoms with Crippen LogP contribution in [-0.4, -0.2) is 23.0 Å². The second kappa shape index (κ2) is 6.29. The monoisotopic (exact) mass is 348 g/mol. The highest BCUT2D eigenvalue weighted by molar-refractivity contribution is 7.89. The van der Waals surface area contributed by atoms with Crippen molar-refractivity contribution in [2.75, 3.05) is 0 Å². The molecule has 0 fully saturated rings. The van der Waals surface area contributed by atoms with Crippen molar-refractivity contribution in [3.8, 4) is 0 Å². The molecule has 24 heavy (non-hydrogen) atoms. The van der Waals surface area contributed by atoms with Gasteiger partial charge in [-0.2, -0.15) is 0 Å². The van der Waals surface area contributed by atoms with E-state index in [9.17, 15) is 12.8 Å². The van der Waals surface area contributed by atoms with Crippen LogP contribution in [0.2, 0.25) is 0 Å². The first-order valence-electron chi connectivity index (χ1n) is 7.46. The van der Waals surface area contributed by atoms with Crippen molar-refractivity contribution in [1.29, 1.82) is 0 Å². The fourth-order valence-electron chi connectivity index (χ4n) is 2.41. The van der Waals surface area contributed by atoms with Gasteiger partial charge in [0.25, 0.3) is 0 Å². The lowest BCUT2D eigenvalue weighted by Gasteiger charge is -2.20. The molecule has 0 unspecified atom stereocenters. The summed E-state index contributed by atoms with van der Waals surface area (Å²) < 4.78 is 42.6. The first-order chi connectivity index (χ1) is 11.4. The molecule has 0 aliphatic heterocycles. The van der Waals surface area contributed by atoms with Crippen LogP contribution in [0, 0.1) is 11.7 Å². The molecule has 0 amide bonds. The third-order valence-electron chi connectivity index (χ3n) is 3.69. The SMILES string of the molecule is CC(C)[C@H](NS(=O)(=O)c1ccc(F)cc1)c1nnc2ccccn12. The number of nitrogens with zero attached hydrogens (tertiary/aromatic N) is 3. The predicted octanol–water partition coefficient (Wildman–Crippen LogP) is 2.54. The fraction of sp³-hybridized carbons (Fsp3) is 0.250. The normalized spacial score (nSPS) is 13.5. The zero-order valence-electron chi connectivity index (χ0n) is 13.2. The van der Waals surface area contributed by atoms with Crippen LogP contribution in [0.5, 0.6) is 0 Å². The zero-order chi connectivity index (χ0) is 17.3. The molecule has 0 aliphatic rings. The molecule has 0 saturated carbocycles. The minimum atomic E-state index is -3.81. The van der Waals surface area contributed by atoms with Crippen molar-refractivity contribution in [3.63, 3.8) is 0 Å². The number of hydrogen-bond acceptors (Lipinski definition) is 4. The van der Waals surface area contributed by atoms with E-state index in [-0.39, 0.29) is 10.8 Å². The maximum Gasteiger partial charge on any atom is 0.241 e. The van der Waals surface area contributed by atoms with Gasteiger partial charge >= 0.3 is 0 Å². The summed E-state index contributed by atoms with van der Waals surface area (Å²) in [5, 5.41) is 8.20. The van der Waals surface area contributed by atoms with Gasteiger partial charge in [-0.1, -0.05) is 19.9 Å². The molecule has 0 spiro atoms. The summed E-state index contributed by atoms with van der Waals surface area (Å²) in [4.78, 5) is 0.00312. The van der Waals surface area contributed by atoms with Gasteiger partial charge in [0.1, 0.15) is 5.82 Å². The van der Waals surface area contributed by atoms with Crippen LogP contribution in [0.4, 0.5) is 4.39 Å². The van der Waals surface area contributed by atoms with Gasteiger partial charge in [0.15, 0.2) is 11.5 Å². The van der Waals surface area contributed by atoms with E-state index < -0.39 is 21.9 Å². The Morgan fingerprint density at radius 2 is 1.79 bits per heavy atom. The van der Waals surface area contributed by atoms with Crippen molar-refractivity contribution < 1.29 is 12.8 Å². The summed E-state index contributed by atoms with van der Waals surface area (Å²) in [6.07, 6.45) is 1.78. The lowest BCUT2D eigenvalue weighted by Crippen LogP contribution is -2.33. The molecular formula is C16H17FN4O2S. The third kappa shape index (κ3) is 3.15. The molecule has 3 aromatic rings. The number of aromatic nitrogens is 3. The number of pyridine rings is 1. The minimum absolute atomic E-state index is 0.00312. The lowest BCUT2D eigenvalue weighted by atomic mass is 10.1. The van der Waals surface area contributed by atoms with Gasteiger partial charge < -0.3 is 0 Å². The van der Waals surface area contributed by atoms with Crippen LogP contribution in [0.1, 0.15) is 25.7 Å². The summed E-state index contributed by atoms with van der Waals surface area (Å²) in [6.45, 7) is 3.78. The summed E-state index contributed by atoms with van der Waals surface area (Å²) >= 11 is 0. The Balaban J connectivity index is 1.99. The van der Waals surface area contributed by atoms with Gasteiger partial charge in [0, 0.05) is 6.20 Å². The Morgan fingerprint density at radius 1 is 1.08 bits per heavy atom. The van der Waals surface area contributed by atoms with Crippen LogP contribution in [0.15, 0.2) is 53.6 Å². The number of hydrogen-bond donors (Lipinski definition) is 1. The smallest absolute Gasteiger partial charge is 0.241 e. The van der Waals surface area contributed by atoms with Crippen molar-refractivity contribution >= 4 is 15.7 Å². The molecule has 1 aromatic carbocycles. The maximum atomic E-state index is 13.0. The molecule has 126 valence electrons. The number of sulfonamides is 1. The molecular weight excluding hydrogens is 331 g/mol. The summed E-state index contributed by atoms with van der Waals surface area (Å²) in [7, 11) is -3.81. The van der Waals surface area contributed by atoms with E-state index in [0.29, 0.717) is 11.5 Å². The molecule has 0 bridgehead atoms. The first-order valence-corrected chi connectivity index (χ1v) is 8.94. The highest BCUT2D eigenvalue weighted by Crippen LogP contribution is 2.23. The van der Waals surface area contributed by atoms with Gasteiger partial charge in [0.2, 0.25) is 10.0 Å². The average molecular weight is 348 g/mol. The first kappa shape index (κ1) is 16.5. The maximum absolute atomic E-state index is 13.0. The Kier molecular flexibility index (Phi) is 4.33.